The zero-order valence-corrected chi connectivity index (χ0v) is 13.2. The molecule has 0 aliphatic heterocycles. The van der Waals surface area contributed by atoms with Crippen molar-refractivity contribution in [1.82, 2.24) is 5.32 Å². The average Bonchev–Trinajstić information content (AvgIpc) is 2.47. The maximum atomic E-state index is 12.9. The molecule has 2 N–H and O–H groups in total. The monoisotopic (exact) mass is 303 g/mol. The summed E-state index contributed by atoms with van der Waals surface area (Å²) in [5.41, 5.74) is 4.04. The lowest BCUT2D eigenvalue weighted by Gasteiger charge is -2.14. The Labute approximate surface area is 130 Å². The summed E-state index contributed by atoms with van der Waals surface area (Å²) >= 11 is 0. The molecule has 1 atom stereocenters. The van der Waals surface area contributed by atoms with Gasteiger partial charge in [0.1, 0.15) is 11.6 Å². The van der Waals surface area contributed by atoms with E-state index in [2.05, 4.69) is 17.4 Å². The summed E-state index contributed by atoms with van der Waals surface area (Å²) in [6.07, 6.45) is -0.652. The van der Waals surface area contributed by atoms with Crippen LogP contribution in [0.3, 0.4) is 0 Å². The van der Waals surface area contributed by atoms with Gasteiger partial charge in [-0.3, -0.25) is 0 Å². The Kier molecular flexibility index (Phi) is 5.52. The van der Waals surface area contributed by atoms with Gasteiger partial charge < -0.3 is 15.2 Å². The van der Waals surface area contributed by atoms with E-state index in [1.807, 2.05) is 13.8 Å². The van der Waals surface area contributed by atoms with E-state index in [0.29, 0.717) is 18.7 Å². The predicted octanol–water partition coefficient (Wildman–Crippen LogP) is 3.27. The molecule has 0 aliphatic rings. The fraction of sp³-hybridized carbons (Fsp3) is 0.333. The zero-order valence-electron chi connectivity index (χ0n) is 13.2. The van der Waals surface area contributed by atoms with E-state index in [1.165, 1.54) is 12.1 Å². The van der Waals surface area contributed by atoms with Gasteiger partial charge in [-0.1, -0.05) is 24.3 Å². The molecule has 22 heavy (non-hydrogen) atoms. The number of halogens is 1. The second-order valence-electron chi connectivity index (χ2n) is 5.46. The van der Waals surface area contributed by atoms with Crippen LogP contribution in [-0.2, 0) is 6.54 Å². The van der Waals surface area contributed by atoms with E-state index in [0.717, 1.165) is 22.4 Å². The van der Waals surface area contributed by atoms with Gasteiger partial charge in [-0.05, 0) is 48.2 Å². The van der Waals surface area contributed by atoms with Crippen LogP contribution in [0.4, 0.5) is 4.39 Å². The molecule has 0 radical (unpaired) electrons. The predicted molar refractivity (Wildman–Crippen MR) is 85.5 cm³/mol. The van der Waals surface area contributed by atoms with E-state index in [1.54, 1.807) is 19.2 Å². The zero-order chi connectivity index (χ0) is 16.1. The molecule has 118 valence electrons. The molecule has 0 aliphatic carbocycles. The Morgan fingerprint density at radius 2 is 1.73 bits per heavy atom. The highest BCUT2D eigenvalue weighted by molar-refractivity contribution is 5.43. The third-order valence-corrected chi connectivity index (χ3v) is 3.65. The maximum Gasteiger partial charge on any atom is 0.124 e. The van der Waals surface area contributed by atoms with Gasteiger partial charge in [-0.15, -0.1) is 0 Å². The lowest BCUT2D eigenvalue weighted by atomic mass is 10.1. The normalized spacial score (nSPS) is 12.2. The minimum atomic E-state index is -0.652. The fourth-order valence-electron chi connectivity index (χ4n) is 2.62. The molecule has 0 heterocycles. The Bertz CT molecular complexity index is 602. The van der Waals surface area contributed by atoms with Crippen molar-refractivity contribution in [1.29, 1.82) is 0 Å². The minimum Gasteiger partial charge on any atom is -0.496 e. The molecule has 0 saturated heterocycles. The molecule has 2 aromatic rings. The highest BCUT2D eigenvalue weighted by Crippen LogP contribution is 2.24. The molecule has 0 fully saturated rings. The van der Waals surface area contributed by atoms with Crippen LogP contribution in [0.2, 0.25) is 0 Å². The summed E-state index contributed by atoms with van der Waals surface area (Å²) in [6.45, 7) is 5.10. The molecule has 1 unspecified atom stereocenters. The molecule has 3 nitrogen and oxygen atoms in total. The molecule has 4 heteroatoms. The van der Waals surface area contributed by atoms with Crippen LogP contribution < -0.4 is 10.1 Å². The standard InChI is InChI=1S/C18H22FNO2/c1-12-8-14(9-13(2)18(12)22-3)10-20-11-17(21)15-4-6-16(19)7-5-15/h4-9,17,20-21H,10-11H2,1-3H3. The van der Waals surface area contributed by atoms with Gasteiger partial charge in [-0.2, -0.15) is 0 Å². The summed E-state index contributed by atoms with van der Waals surface area (Å²) in [7, 11) is 1.67. The van der Waals surface area contributed by atoms with Crippen LogP contribution in [0.5, 0.6) is 5.75 Å². The molecule has 0 spiro atoms. The van der Waals surface area contributed by atoms with Crippen molar-refractivity contribution < 1.29 is 14.2 Å². The Morgan fingerprint density at radius 3 is 2.27 bits per heavy atom. The van der Waals surface area contributed by atoms with E-state index in [4.69, 9.17) is 4.74 Å². The Balaban J connectivity index is 1.92. The van der Waals surface area contributed by atoms with Gasteiger partial charge in [0.2, 0.25) is 0 Å². The number of rotatable bonds is 6. The van der Waals surface area contributed by atoms with Crippen LogP contribution in [0, 0.1) is 19.7 Å². The van der Waals surface area contributed by atoms with Crippen molar-refractivity contribution in [3.05, 3.63) is 64.5 Å². The smallest absolute Gasteiger partial charge is 0.124 e. The quantitative estimate of drug-likeness (QED) is 0.860. The Morgan fingerprint density at radius 1 is 1.14 bits per heavy atom. The summed E-state index contributed by atoms with van der Waals surface area (Å²) in [5, 5.41) is 13.3. The second-order valence-corrected chi connectivity index (χ2v) is 5.46. The van der Waals surface area contributed by atoms with Crippen molar-refractivity contribution in [3.63, 3.8) is 0 Å². The van der Waals surface area contributed by atoms with Crippen molar-refractivity contribution in [3.8, 4) is 5.75 Å². The van der Waals surface area contributed by atoms with E-state index >= 15 is 0 Å². The number of nitrogens with one attached hydrogen (secondary N) is 1. The van der Waals surface area contributed by atoms with Crippen molar-refractivity contribution >= 4 is 0 Å². The van der Waals surface area contributed by atoms with Crippen molar-refractivity contribution in [2.45, 2.75) is 26.5 Å². The molecule has 2 aromatic carbocycles. The molecule has 0 bridgehead atoms. The highest BCUT2D eigenvalue weighted by atomic mass is 19.1. The number of ether oxygens (including phenoxy) is 1. The molecule has 0 amide bonds. The first-order valence-electron chi connectivity index (χ1n) is 7.29. The highest BCUT2D eigenvalue weighted by Gasteiger charge is 2.08. The van der Waals surface area contributed by atoms with Crippen LogP contribution >= 0.6 is 0 Å². The van der Waals surface area contributed by atoms with Crippen molar-refractivity contribution in [2.75, 3.05) is 13.7 Å². The van der Waals surface area contributed by atoms with Gasteiger partial charge in [0.15, 0.2) is 0 Å². The average molecular weight is 303 g/mol. The summed E-state index contributed by atoms with van der Waals surface area (Å²) in [4.78, 5) is 0. The first kappa shape index (κ1) is 16.5. The van der Waals surface area contributed by atoms with E-state index < -0.39 is 6.10 Å². The van der Waals surface area contributed by atoms with Gasteiger partial charge >= 0.3 is 0 Å². The van der Waals surface area contributed by atoms with Gasteiger partial charge in [-0.25, -0.2) is 4.39 Å². The largest absolute Gasteiger partial charge is 0.496 e. The van der Waals surface area contributed by atoms with E-state index in [-0.39, 0.29) is 5.82 Å². The third kappa shape index (κ3) is 4.06. The summed E-state index contributed by atoms with van der Waals surface area (Å²) in [6, 6.07) is 10.1. The molecular formula is C18H22FNO2. The first-order chi connectivity index (χ1) is 10.5. The lowest BCUT2D eigenvalue weighted by Crippen LogP contribution is -2.21. The number of aliphatic hydroxyl groups is 1. The third-order valence-electron chi connectivity index (χ3n) is 3.65. The number of benzene rings is 2. The molecule has 0 aromatic heterocycles. The van der Waals surface area contributed by atoms with Gasteiger partial charge in [0, 0.05) is 13.1 Å². The molecule has 0 saturated carbocycles. The lowest BCUT2D eigenvalue weighted by molar-refractivity contribution is 0.174. The number of aryl methyl sites for hydroxylation is 2. The SMILES string of the molecule is COc1c(C)cc(CNCC(O)c2ccc(F)cc2)cc1C. The van der Waals surface area contributed by atoms with Crippen molar-refractivity contribution in [2.24, 2.45) is 0 Å². The number of hydrogen-bond donors (Lipinski definition) is 2. The van der Waals surface area contributed by atoms with Gasteiger partial charge in [0.05, 0.1) is 13.2 Å². The van der Waals surface area contributed by atoms with Crippen LogP contribution in [-0.4, -0.2) is 18.8 Å². The van der Waals surface area contributed by atoms with Crippen LogP contribution in [0.1, 0.15) is 28.4 Å². The summed E-state index contributed by atoms with van der Waals surface area (Å²) in [5.74, 6) is 0.614. The maximum absolute atomic E-state index is 12.9. The fourth-order valence-corrected chi connectivity index (χ4v) is 2.62. The van der Waals surface area contributed by atoms with E-state index in [9.17, 15) is 9.50 Å². The van der Waals surface area contributed by atoms with Crippen LogP contribution in [0.25, 0.3) is 0 Å². The Hall–Kier alpha value is -1.91. The second kappa shape index (κ2) is 7.38. The van der Waals surface area contributed by atoms with Gasteiger partial charge in [0.25, 0.3) is 0 Å². The molecular weight excluding hydrogens is 281 g/mol. The van der Waals surface area contributed by atoms with Crippen LogP contribution in [0.15, 0.2) is 36.4 Å². The molecule has 2 rings (SSSR count). The minimum absolute atomic E-state index is 0.298. The first-order valence-corrected chi connectivity index (χ1v) is 7.29. The number of methoxy groups -OCH3 is 1. The number of aliphatic hydroxyl groups excluding tert-OH is 1. The topological polar surface area (TPSA) is 41.5 Å². The number of hydrogen-bond acceptors (Lipinski definition) is 3. The summed E-state index contributed by atoms with van der Waals surface area (Å²) < 4.78 is 18.2.